The molecule has 0 aliphatic heterocycles. The molecule has 140 valence electrons. The first-order valence-corrected chi connectivity index (χ1v) is 9.19. The van der Waals surface area contributed by atoms with Crippen LogP contribution in [-0.4, -0.2) is 7.11 Å². The van der Waals surface area contributed by atoms with Gasteiger partial charge in [-0.05, 0) is 30.3 Å². The van der Waals surface area contributed by atoms with Gasteiger partial charge in [0, 0.05) is 33.4 Å². The van der Waals surface area contributed by atoms with Crippen LogP contribution in [-0.2, 0) is 13.2 Å². The number of hydrogen-bond acceptors (Lipinski definition) is 4. The fraction of sp³-hybridized carbons (Fsp3) is 0.143. The fourth-order valence-corrected chi connectivity index (χ4v) is 3.04. The van der Waals surface area contributed by atoms with Crippen LogP contribution < -0.4 is 20.3 Å². The van der Waals surface area contributed by atoms with E-state index in [9.17, 15) is 0 Å². The Hall–Kier alpha value is -2.40. The van der Waals surface area contributed by atoms with E-state index in [-0.39, 0.29) is 0 Å². The zero-order chi connectivity index (χ0) is 19.1. The Morgan fingerprint density at radius 2 is 1.70 bits per heavy atom. The van der Waals surface area contributed by atoms with Crippen LogP contribution in [0, 0.1) is 0 Å². The van der Waals surface area contributed by atoms with Crippen molar-refractivity contribution in [2.24, 2.45) is 0 Å². The van der Waals surface area contributed by atoms with Crippen molar-refractivity contribution in [2.45, 2.75) is 13.2 Å². The van der Waals surface area contributed by atoms with Crippen LogP contribution >= 0.6 is 23.2 Å². The Kier molecular flexibility index (Phi) is 6.82. The quantitative estimate of drug-likeness (QED) is 0.474. The van der Waals surface area contributed by atoms with E-state index >= 15 is 0 Å². The Balaban J connectivity index is 1.71. The second-order valence-electron chi connectivity index (χ2n) is 5.82. The number of halogens is 2. The van der Waals surface area contributed by atoms with E-state index < -0.39 is 0 Å². The fourth-order valence-electron chi connectivity index (χ4n) is 2.58. The Bertz CT molecular complexity index is 889. The van der Waals surface area contributed by atoms with Crippen LogP contribution in [0.2, 0.25) is 10.0 Å². The molecule has 27 heavy (non-hydrogen) atoms. The second-order valence-corrected chi connectivity index (χ2v) is 6.66. The van der Waals surface area contributed by atoms with Crippen LogP contribution in [0.4, 0.5) is 5.69 Å². The zero-order valence-corrected chi connectivity index (χ0v) is 16.3. The molecule has 0 saturated heterocycles. The predicted molar refractivity (Wildman–Crippen MR) is 111 cm³/mol. The highest BCUT2D eigenvalue weighted by atomic mass is 35.5. The first-order valence-electron chi connectivity index (χ1n) is 8.44. The van der Waals surface area contributed by atoms with Crippen molar-refractivity contribution in [3.05, 3.63) is 87.9 Å². The summed E-state index contributed by atoms with van der Waals surface area (Å²) in [4.78, 5) is 0. The number of hydrogen-bond donors (Lipinski definition) is 2. The third kappa shape index (κ3) is 5.30. The van der Waals surface area contributed by atoms with Gasteiger partial charge in [-0.1, -0.05) is 59.6 Å². The summed E-state index contributed by atoms with van der Waals surface area (Å²) in [7, 11) is 1.62. The molecule has 0 unspecified atom stereocenters. The summed E-state index contributed by atoms with van der Waals surface area (Å²) in [5, 5.41) is 1.17. The molecule has 4 nitrogen and oxygen atoms in total. The van der Waals surface area contributed by atoms with Crippen LogP contribution in [0.5, 0.6) is 11.5 Å². The second kappa shape index (κ2) is 9.51. The summed E-state index contributed by atoms with van der Waals surface area (Å²) in [6.07, 6.45) is 0. The molecule has 0 aliphatic carbocycles. The number of benzene rings is 3. The maximum atomic E-state index is 6.24. The van der Waals surface area contributed by atoms with Crippen molar-refractivity contribution in [3.63, 3.8) is 0 Å². The van der Waals surface area contributed by atoms with Crippen molar-refractivity contribution in [1.29, 1.82) is 0 Å². The van der Waals surface area contributed by atoms with E-state index in [2.05, 4.69) is 10.9 Å². The minimum absolute atomic E-state index is 0.315. The lowest BCUT2D eigenvalue weighted by molar-refractivity contribution is 0.281. The molecular weight excluding hydrogens is 383 g/mol. The Morgan fingerprint density at radius 3 is 2.44 bits per heavy atom. The maximum absolute atomic E-state index is 6.24. The van der Waals surface area contributed by atoms with Crippen molar-refractivity contribution < 1.29 is 9.47 Å². The van der Waals surface area contributed by atoms with E-state index in [1.54, 1.807) is 19.2 Å². The topological polar surface area (TPSA) is 42.5 Å². The van der Waals surface area contributed by atoms with Crippen LogP contribution in [0.3, 0.4) is 0 Å². The summed E-state index contributed by atoms with van der Waals surface area (Å²) in [6.45, 7) is 0.866. The largest absolute Gasteiger partial charge is 0.493 e. The summed E-state index contributed by atoms with van der Waals surface area (Å²) >= 11 is 12.2. The highest BCUT2D eigenvalue weighted by molar-refractivity contribution is 6.35. The van der Waals surface area contributed by atoms with Crippen LogP contribution in [0.15, 0.2) is 66.7 Å². The highest BCUT2D eigenvalue weighted by Crippen LogP contribution is 2.32. The predicted octanol–water partition coefficient (Wildman–Crippen LogP) is 5.70. The van der Waals surface area contributed by atoms with Crippen molar-refractivity contribution in [3.8, 4) is 11.5 Å². The summed E-state index contributed by atoms with van der Waals surface area (Å²) in [5.41, 5.74) is 9.16. The normalized spacial score (nSPS) is 10.5. The SMILES string of the molecule is COc1cccc(CNNc2ccccc2)c1OCc1ccc(Cl)cc1Cl. The molecule has 0 amide bonds. The van der Waals surface area contributed by atoms with Gasteiger partial charge in [0.1, 0.15) is 6.61 Å². The average Bonchev–Trinajstić information content (AvgIpc) is 2.68. The summed E-state index contributed by atoms with van der Waals surface area (Å²) < 4.78 is 11.5. The number of nitrogens with one attached hydrogen (secondary N) is 2. The first-order chi connectivity index (χ1) is 13.2. The Morgan fingerprint density at radius 1 is 0.889 bits per heavy atom. The number of anilines is 1. The summed E-state index contributed by atoms with van der Waals surface area (Å²) in [5.74, 6) is 1.34. The molecule has 3 aromatic rings. The molecule has 0 aliphatic rings. The zero-order valence-electron chi connectivity index (χ0n) is 14.8. The van der Waals surface area contributed by atoms with Gasteiger partial charge in [-0.2, -0.15) is 0 Å². The van der Waals surface area contributed by atoms with Gasteiger partial charge >= 0.3 is 0 Å². The van der Waals surface area contributed by atoms with Gasteiger partial charge in [0.15, 0.2) is 11.5 Å². The van der Waals surface area contributed by atoms with Gasteiger partial charge in [-0.25, -0.2) is 5.43 Å². The molecule has 0 spiro atoms. The number of ether oxygens (including phenoxy) is 2. The molecule has 0 aromatic heterocycles. The molecule has 0 saturated carbocycles. The number of para-hydroxylation sites is 2. The van der Waals surface area contributed by atoms with E-state index in [0.29, 0.717) is 34.7 Å². The van der Waals surface area contributed by atoms with Gasteiger partial charge in [0.05, 0.1) is 7.11 Å². The van der Waals surface area contributed by atoms with Crippen molar-refractivity contribution >= 4 is 28.9 Å². The molecule has 2 N–H and O–H groups in total. The van der Waals surface area contributed by atoms with Gasteiger partial charge in [-0.3, -0.25) is 0 Å². The molecular formula is C21H20Cl2N2O2. The first kappa shape index (κ1) is 19.4. The third-order valence-electron chi connectivity index (χ3n) is 3.95. The minimum atomic E-state index is 0.315. The number of methoxy groups -OCH3 is 1. The molecule has 0 bridgehead atoms. The van der Waals surface area contributed by atoms with Gasteiger partial charge in [0.25, 0.3) is 0 Å². The highest BCUT2D eigenvalue weighted by Gasteiger charge is 2.12. The van der Waals surface area contributed by atoms with Gasteiger partial charge < -0.3 is 14.9 Å². The lowest BCUT2D eigenvalue weighted by Crippen LogP contribution is -2.21. The molecule has 0 atom stereocenters. The third-order valence-corrected chi connectivity index (χ3v) is 4.54. The smallest absolute Gasteiger partial charge is 0.166 e. The molecule has 0 radical (unpaired) electrons. The average molecular weight is 403 g/mol. The maximum Gasteiger partial charge on any atom is 0.166 e. The minimum Gasteiger partial charge on any atom is -0.493 e. The van der Waals surface area contributed by atoms with Gasteiger partial charge in [-0.15, -0.1) is 0 Å². The van der Waals surface area contributed by atoms with Gasteiger partial charge in [0.2, 0.25) is 0 Å². The number of rotatable bonds is 8. The molecule has 0 fully saturated rings. The van der Waals surface area contributed by atoms with Crippen LogP contribution in [0.25, 0.3) is 0 Å². The lowest BCUT2D eigenvalue weighted by atomic mass is 10.2. The number of hydrazine groups is 1. The lowest BCUT2D eigenvalue weighted by Gasteiger charge is -2.16. The van der Waals surface area contributed by atoms with Crippen LogP contribution in [0.1, 0.15) is 11.1 Å². The Labute approximate surface area is 169 Å². The molecule has 6 heteroatoms. The van der Waals surface area contributed by atoms with Crippen molar-refractivity contribution in [1.82, 2.24) is 5.43 Å². The monoisotopic (exact) mass is 402 g/mol. The molecule has 3 aromatic carbocycles. The molecule has 0 heterocycles. The molecule has 3 rings (SSSR count). The van der Waals surface area contributed by atoms with E-state index in [4.69, 9.17) is 32.7 Å². The standard InChI is InChI=1S/C21H20Cl2N2O2/c1-26-20-9-5-6-15(13-24-25-18-7-3-2-4-8-18)21(20)27-14-16-10-11-17(22)12-19(16)23/h2-12,24-25H,13-14H2,1H3. The summed E-state index contributed by atoms with van der Waals surface area (Å²) in [6, 6.07) is 21.0. The van der Waals surface area contributed by atoms with E-state index in [1.165, 1.54) is 0 Å². The van der Waals surface area contributed by atoms with E-state index in [1.807, 2.05) is 54.6 Å². The van der Waals surface area contributed by atoms with Crippen molar-refractivity contribution in [2.75, 3.05) is 12.5 Å². The van der Waals surface area contributed by atoms with E-state index in [0.717, 1.165) is 16.8 Å².